The van der Waals surface area contributed by atoms with Gasteiger partial charge in [0, 0.05) is 28.7 Å². The van der Waals surface area contributed by atoms with Gasteiger partial charge in [0.05, 0.1) is 10.4 Å². The first-order valence-corrected chi connectivity index (χ1v) is 10.9. The van der Waals surface area contributed by atoms with Crippen LogP contribution in [-0.2, 0) is 4.79 Å². The molecule has 0 heterocycles. The minimum atomic E-state index is -4.58. The molecule has 12 heteroatoms. The molecule has 0 spiro atoms. The van der Waals surface area contributed by atoms with Crippen LogP contribution in [0.5, 0.6) is 0 Å². The zero-order chi connectivity index (χ0) is 24.8. The van der Waals surface area contributed by atoms with Crippen molar-refractivity contribution in [2.45, 2.75) is 23.4 Å². The normalized spacial score (nSPS) is 21.4. The van der Waals surface area contributed by atoms with Crippen molar-refractivity contribution >= 4 is 64.3 Å². The van der Waals surface area contributed by atoms with Gasteiger partial charge in [-0.05, 0) is 42.3 Å². The van der Waals surface area contributed by atoms with Crippen molar-refractivity contribution < 1.29 is 27.2 Å². The maximum atomic E-state index is 13.5. The van der Waals surface area contributed by atoms with Gasteiger partial charge in [-0.3, -0.25) is 4.79 Å². The molecular weight excluding hydrogens is 530 g/mol. The Hall–Kier alpha value is -1.74. The molecule has 0 saturated heterocycles. The van der Waals surface area contributed by atoms with Gasteiger partial charge in [0.1, 0.15) is 23.0 Å². The van der Waals surface area contributed by atoms with E-state index in [1.165, 1.54) is 31.2 Å². The van der Waals surface area contributed by atoms with E-state index in [-0.39, 0.29) is 33.4 Å². The Morgan fingerprint density at radius 3 is 2.39 bits per heavy atom. The van der Waals surface area contributed by atoms with Crippen LogP contribution in [0.25, 0.3) is 0 Å². The molecule has 1 aliphatic rings. The van der Waals surface area contributed by atoms with E-state index in [1.54, 1.807) is 5.32 Å². The Kier molecular flexibility index (Phi) is 7.16. The highest BCUT2D eigenvalue weighted by molar-refractivity contribution is 6.54. The third-order valence-corrected chi connectivity index (χ3v) is 7.35. The number of hydrogen-bond acceptors (Lipinski definition) is 3. The fourth-order valence-electron chi connectivity index (χ4n) is 3.62. The summed E-state index contributed by atoms with van der Waals surface area (Å²) in [7, 11) is 0. The fraction of sp³-hybridized carbons (Fsp3) is 0.333. The monoisotopic (exact) mass is 544 g/mol. The first kappa shape index (κ1) is 25.9. The average Bonchev–Trinajstić information content (AvgIpc) is 3.23. The highest BCUT2D eigenvalue weighted by Gasteiger charge is 2.76. The highest BCUT2D eigenvalue weighted by atomic mass is 35.5. The molecule has 33 heavy (non-hydrogen) atoms. The highest BCUT2D eigenvalue weighted by Crippen LogP contribution is 2.73. The lowest BCUT2D eigenvalue weighted by molar-refractivity contribution is -0.123. The first-order chi connectivity index (χ1) is 15.2. The predicted octanol–water partition coefficient (Wildman–Crippen LogP) is 6.30. The van der Waals surface area contributed by atoms with Crippen molar-refractivity contribution in [3.63, 3.8) is 0 Å². The van der Waals surface area contributed by atoms with Gasteiger partial charge in [0.2, 0.25) is 0 Å². The Bertz CT molecular complexity index is 1110. The number of benzene rings is 2. The zero-order valence-electron chi connectivity index (χ0n) is 16.8. The van der Waals surface area contributed by atoms with E-state index in [4.69, 9.17) is 46.4 Å². The lowest BCUT2D eigenvalue weighted by Crippen LogP contribution is -2.34. The van der Waals surface area contributed by atoms with Crippen LogP contribution in [0.15, 0.2) is 30.3 Å². The molecule has 1 amide bonds. The summed E-state index contributed by atoms with van der Waals surface area (Å²) in [5.41, 5.74) is -0.408. The topological polar surface area (TPSA) is 58.2 Å². The van der Waals surface area contributed by atoms with Crippen LogP contribution in [0.4, 0.5) is 23.2 Å². The number of hydrogen-bond donors (Lipinski definition) is 2. The van der Waals surface area contributed by atoms with Crippen molar-refractivity contribution in [2.24, 2.45) is 5.41 Å². The number of carbonyl (C=O) groups is 2. The summed E-state index contributed by atoms with van der Waals surface area (Å²) >= 11 is 24.8. The Balaban J connectivity index is 1.83. The molecule has 3 rings (SSSR count). The number of aldehydes is 1. The second-order valence-electron chi connectivity index (χ2n) is 7.67. The maximum Gasteiger partial charge on any atom is 0.405 e. The molecule has 2 N–H and O–H groups in total. The second-order valence-corrected chi connectivity index (χ2v) is 9.87. The van der Waals surface area contributed by atoms with Gasteiger partial charge in [-0.15, -0.1) is 0 Å². The van der Waals surface area contributed by atoms with Crippen LogP contribution in [-0.4, -0.2) is 35.8 Å². The minimum absolute atomic E-state index is 0.0740. The van der Waals surface area contributed by atoms with E-state index in [2.05, 4.69) is 5.32 Å². The van der Waals surface area contributed by atoms with Crippen molar-refractivity contribution in [1.29, 1.82) is 0 Å². The number of halogens is 8. The van der Waals surface area contributed by atoms with E-state index in [9.17, 15) is 27.2 Å². The summed E-state index contributed by atoms with van der Waals surface area (Å²) in [4.78, 5) is 24.3. The van der Waals surface area contributed by atoms with E-state index < -0.39 is 40.1 Å². The fourth-order valence-corrected chi connectivity index (χ4v) is 5.01. The SMILES string of the molecule is Cc1c(Cl)cc(NCC2(C=O)C(c3ccc(F)c(Cl)c3)C2(Cl)Cl)cc1C(=O)NCC(F)(F)F. The standard InChI is InChI=1S/C21H16Cl4F4N2O2/c1-10-13(18(33)31-8-20(27,28)29)5-12(6-14(10)22)30-7-19(9-32)17(21(19,24)25)11-2-3-16(26)15(23)4-11/h2-6,9,17,30H,7-8H2,1H3,(H,31,33). The molecule has 0 aromatic heterocycles. The van der Waals surface area contributed by atoms with Crippen LogP contribution < -0.4 is 10.6 Å². The molecule has 178 valence electrons. The van der Waals surface area contributed by atoms with Gasteiger partial charge >= 0.3 is 6.18 Å². The molecule has 1 saturated carbocycles. The first-order valence-electron chi connectivity index (χ1n) is 9.41. The largest absolute Gasteiger partial charge is 0.405 e. The summed E-state index contributed by atoms with van der Waals surface area (Å²) in [6.07, 6.45) is -4.00. The van der Waals surface area contributed by atoms with Crippen LogP contribution in [0.1, 0.15) is 27.4 Å². The molecule has 0 aliphatic heterocycles. The van der Waals surface area contributed by atoms with Gasteiger partial charge in [0.25, 0.3) is 5.91 Å². The van der Waals surface area contributed by atoms with Crippen LogP contribution in [0, 0.1) is 18.2 Å². The van der Waals surface area contributed by atoms with Crippen LogP contribution >= 0.6 is 46.4 Å². The van der Waals surface area contributed by atoms with Crippen molar-refractivity contribution in [3.05, 3.63) is 62.9 Å². The summed E-state index contributed by atoms with van der Waals surface area (Å²) in [6.45, 7) is -0.122. The lowest BCUT2D eigenvalue weighted by Gasteiger charge is -2.17. The van der Waals surface area contributed by atoms with Crippen LogP contribution in [0.2, 0.25) is 10.0 Å². The molecule has 2 aromatic carbocycles. The summed E-state index contributed by atoms with van der Waals surface area (Å²) in [5.74, 6) is -2.32. The van der Waals surface area contributed by atoms with Crippen LogP contribution in [0.3, 0.4) is 0 Å². The Morgan fingerprint density at radius 1 is 1.15 bits per heavy atom. The Morgan fingerprint density at radius 2 is 1.82 bits per heavy atom. The average molecular weight is 546 g/mol. The maximum absolute atomic E-state index is 13.5. The van der Waals surface area contributed by atoms with Gasteiger partial charge in [-0.1, -0.05) is 52.5 Å². The number of carbonyl (C=O) groups excluding carboxylic acids is 2. The summed E-state index contributed by atoms with van der Waals surface area (Å²) in [6, 6.07) is 6.64. The molecular formula is C21H16Cl4F4N2O2. The second kappa shape index (κ2) is 9.13. The third-order valence-electron chi connectivity index (χ3n) is 5.53. The molecule has 4 nitrogen and oxygen atoms in total. The van der Waals surface area contributed by atoms with Crippen molar-refractivity contribution in [2.75, 3.05) is 18.4 Å². The number of alkyl halides is 5. The van der Waals surface area contributed by atoms with Gasteiger partial charge in [-0.2, -0.15) is 13.2 Å². The number of anilines is 1. The summed E-state index contributed by atoms with van der Waals surface area (Å²) in [5, 5.41) is 4.68. The van der Waals surface area contributed by atoms with Gasteiger partial charge in [-0.25, -0.2) is 4.39 Å². The molecule has 1 fully saturated rings. The van der Waals surface area contributed by atoms with E-state index in [0.29, 0.717) is 11.8 Å². The predicted molar refractivity (Wildman–Crippen MR) is 120 cm³/mol. The quantitative estimate of drug-likeness (QED) is 0.244. The zero-order valence-corrected chi connectivity index (χ0v) is 19.8. The van der Waals surface area contributed by atoms with Gasteiger partial charge < -0.3 is 15.4 Å². The number of rotatable bonds is 7. The number of nitrogens with one attached hydrogen (secondary N) is 2. The molecule has 0 bridgehead atoms. The third kappa shape index (κ3) is 5.04. The smallest absolute Gasteiger partial charge is 0.384 e. The van der Waals surface area contributed by atoms with E-state index >= 15 is 0 Å². The van der Waals surface area contributed by atoms with E-state index in [0.717, 1.165) is 6.07 Å². The van der Waals surface area contributed by atoms with E-state index in [1.807, 2.05) is 0 Å². The molecule has 2 atom stereocenters. The minimum Gasteiger partial charge on any atom is -0.384 e. The van der Waals surface area contributed by atoms with Crippen molar-refractivity contribution in [3.8, 4) is 0 Å². The molecule has 2 unspecified atom stereocenters. The molecule has 0 radical (unpaired) electrons. The lowest BCUT2D eigenvalue weighted by atomic mass is 10.00. The summed E-state index contributed by atoms with van der Waals surface area (Å²) < 4.78 is 49.3. The Labute approximate surface area is 206 Å². The number of amides is 1. The molecule has 2 aromatic rings. The van der Waals surface area contributed by atoms with Gasteiger partial charge in [0.15, 0.2) is 0 Å². The van der Waals surface area contributed by atoms with Crippen molar-refractivity contribution in [1.82, 2.24) is 5.32 Å². The molecule has 1 aliphatic carbocycles.